The molecule has 0 spiro atoms. The van der Waals surface area contributed by atoms with Crippen LogP contribution in [0.25, 0.3) is 0 Å². The van der Waals surface area contributed by atoms with Gasteiger partial charge in [0.25, 0.3) is 5.92 Å². The first kappa shape index (κ1) is 13.9. The number of primary amides is 1. The molecule has 1 aliphatic heterocycles. The Morgan fingerprint density at radius 3 is 2.74 bits per heavy atom. The van der Waals surface area contributed by atoms with Gasteiger partial charge in [-0.05, 0) is 0 Å². The fourth-order valence-corrected chi connectivity index (χ4v) is 2.24. The molecule has 3 N–H and O–H groups in total. The van der Waals surface area contributed by atoms with E-state index in [-0.39, 0.29) is 5.56 Å². The molecule has 1 fully saturated rings. The van der Waals surface area contributed by atoms with Gasteiger partial charge in [-0.1, -0.05) is 30.3 Å². The van der Waals surface area contributed by atoms with E-state index < -0.39 is 24.4 Å². The van der Waals surface area contributed by atoms with Crippen molar-refractivity contribution < 1.29 is 13.6 Å². The van der Waals surface area contributed by atoms with Gasteiger partial charge in [-0.25, -0.2) is 0 Å². The average Bonchev–Trinajstić information content (AvgIpc) is 2.39. The van der Waals surface area contributed by atoms with E-state index in [4.69, 9.17) is 5.73 Å². The normalized spacial score (nSPS) is 21.3. The molecular weight excluding hydrogens is 252 g/mol. The van der Waals surface area contributed by atoms with Crippen molar-refractivity contribution in [2.45, 2.75) is 12.0 Å². The molecule has 0 radical (unpaired) electrons. The maximum Gasteiger partial charge on any atom is 0.285 e. The van der Waals surface area contributed by atoms with Crippen LogP contribution in [0.3, 0.4) is 0 Å². The Morgan fingerprint density at radius 2 is 2.11 bits per heavy atom. The number of rotatable bonds is 4. The summed E-state index contributed by atoms with van der Waals surface area (Å²) in [6.45, 7) is 0.789. The van der Waals surface area contributed by atoms with Crippen molar-refractivity contribution in [2.75, 3.05) is 26.2 Å². The Balaban J connectivity index is 2.12. The number of alkyl halides is 2. The van der Waals surface area contributed by atoms with Crippen LogP contribution in [0.2, 0.25) is 0 Å². The molecule has 0 saturated carbocycles. The van der Waals surface area contributed by atoms with E-state index in [2.05, 4.69) is 5.32 Å². The van der Waals surface area contributed by atoms with Crippen LogP contribution < -0.4 is 11.1 Å². The fourth-order valence-electron chi connectivity index (χ4n) is 2.24. The third-order valence-electron chi connectivity index (χ3n) is 3.28. The highest BCUT2D eigenvalue weighted by atomic mass is 19.3. The van der Waals surface area contributed by atoms with Gasteiger partial charge in [0.2, 0.25) is 5.91 Å². The zero-order valence-electron chi connectivity index (χ0n) is 10.5. The van der Waals surface area contributed by atoms with E-state index in [1.54, 1.807) is 18.2 Å². The minimum atomic E-state index is -2.99. The number of hydrogen-bond acceptors (Lipinski definition) is 3. The van der Waals surface area contributed by atoms with Crippen LogP contribution in [0, 0.1) is 0 Å². The summed E-state index contributed by atoms with van der Waals surface area (Å²) in [5.74, 6) is -3.57. The van der Waals surface area contributed by atoms with E-state index in [1.165, 1.54) is 17.0 Å². The summed E-state index contributed by atoms with van der Waals surface area (Å²) in [6, 6.07) is 6.95. The first-order valence-electron chi connectivity index (χ1n) is 6.18. The van der Waals surface area contributed by atoms with Gasteiger partial charge in [0.15, 0.2) is 0 Å². The molecule has 1 aromatic rings. The lowest BCUT2D eigenvalue weighted by Gasteiger charge is -2.36. The maximum atomic E-state index is 14.2. The third kappa shape index (κ3) is 3.27. The first-order chi connectivity index (χ1) is 9.00. The molecule has 104 valence electrons. The number of piperazine rings is 1. The molecule has 1 heterocycles. The number of halogens is 2. The van der Waals surface area contributed by atoms with Crippen molar-refractivity contribution in [3.8, 4) is 0 Å². The fraction of sp³-hybridized carbons (Fsp3) is 0.462. The molecule has 1 saturated heterocycles. The largest absolute Gasteiger partial charge is 0.368 e. The molecule has 2 rings (SSSR count). The Morgan fingerprint density at radius 1 is 1.42 bits per heavy atom. The molecular formula is C13H17F2N3O. The molecule has 4 nitrogen and oxygen atoms in total. The minimum Gasteiger partial charge on any atom is -0.368 e. The zero-order valence-corrected chi connectivity index (χ0v) is 10.5. The van der Waals surface area contributed by atoms with Crippen LogP contribution in [-0.2, 0) is 10.7 Å². The van der Waals surface area contributed by atoms with Crippen molar-refractivity contribution in [1.82, 2.24) is 10.2 Å². The molecule has 1 aromatic carbocycles. The molecule has 19 heavy (non-hydrogen) atoms. The van der Waals surface area contributed by atoms with E-state index in [0.717, 1.165) is 0 Å². The number of nitrogens with zero attached hydrogens (tertiary/aromatic N) is 1. The van der Waals surface area contributed by atoms with Crippen molar-refractivity contribution in [3.05, 3.63) is 35.9 Å². The number of amides is 1. The van der Waals surface area contributed by atoms with Crippen LogP contribution in [0.15, 0.2) is 30.3 Å². The summed E-state index contributed by atoms with van der Waals surface area (Å²) >= 11 is 0. The van der Waals surface area contributed by atoms with Crippen LogP contribution in [0.4, 0.5) is 8.78 Å². The minimum absolute atomic E-state index is 0.0447. The van der Waals surface area contributed by atoms with Crippen LogP contribution >= 0.6 is 0 Å². The summed E-state index contributed by atoms with van der Waals surface area (Å²) in [5.41, 5.74) is 5.20. The second kappa shape index (κ2) is 5.63. The predicted octanol–water partition coefficient (Wildman–Crippen LogP) is 0.538. The summed E-state index contributed by atoms with van der Waals surface area (Å²) in [7, 11) is 0. The van der Waals surface area contributed by atoms with Crippen LogP contribution in [0.1, 0.15) is 5.56 Å². The standard InChI is InChI=1S/C13H17F2N3O/c14-13(15,10-4-2-1-3-5-10)9-18-7-6-17-8-11(18)12(16)19/h1-5,11,17H,6-9H2,(H2,16,19). The number of carbonyl (C=O) groups excluding carboxylic acids is 1. The molecule has 1 atom stereocenters. The van der Waals surface area contributed by atoms with Crippen molar-refractivity contribution in [2.24, 2.45) is 5.73 Å². The molecule has 1 aliphatic rings. The Bertz CT molecular complexity index is 439. The first-order valence-corrected chi connectivity index (χ1v) is 6.18. The number of nitrogens with one attached hydrogen (secondary N) is 1. The van der Waals surface area contributed by atoms with Crippen molar-refractivity contribution in [1.29, 1.82) is 0 Å². The van der Waals surface area contributed by atoms with Gasteiger partial charge in [0.05, 0.1) is 6.54 Å². The van der Waals surface area contributed by atoms with Gasteiger partial charge in [-0.3, -0.25) is 9.69 Å². The lowest BCUT2D eigenvalue weighted by Crippen LogP contribution is -2.58. The van der Waals surface area contributed by atoms with Gasteiger partial charge in [-0.15, -0.1) is 0 Å². The van der Waals surface area contributed by atoms with Crippen LogP contribution in [-0.4, -0.2) is 43.0 Å². The lowest BCUT2D eigenvalue weighted by molar-refractivity contribution is -0.126. The van der Waals surface area contributed by atoms with Gasteiger partial charge in [0, 0.05) is 25.2 Å². The quantitative estimate of drug-likeness (QED) is 0.838. The lowest BCUT2D eigenvalue weighted by atomic mass is 10.1. The topological polar surface area (TPSA) is 58.4 Å². The Hall–Kier alpha value is -1.53. The van der Waals surface area contributed by atoms with E-state index >= 15 is 0 Å². The molecule has 0 aliphatic carbocycles. The molecule has 6 heteroatoms. The summed E-state index contributed by atoms with van der Waals surface area (Å²) in [6.07, 6.45) is 0. The predicted molar refractivity (Wildman–Crippen MR) is 67.8 cm³/mol. The molecule has 0 bridgehead atoms. The zero-order chi connectivity index (χ0) is 13.9. The van der Waals surface area contributed by atoms with Gasteiger partial charge < -0.3 is 11.1 Å². The molecule has 0 aromatic heterocycles. The number of hydrogen-bond donors (Lipinski definition) is 2. The SMILES string of the molecule is NC(=O)C1CNCCN1CC(F)(F)c1ccccc1. The number of nitrogens with two attached hydrogens (primary N) is 1. The Labute approximate surface area is 110 Å². The smallest absolute Gasteiger partial charge is 0.285 e. The number of carbonyl (C=O) groups is 1. The second-order valence-electron chi connectivity index (χ2n) is 4.66. The van der Waals surface area contributed by atoms with Crippen LogP contribution in [0.5, 0.6) is 0 Å². The van der Waals surface area contributed by atoms with Crippen molar-refractivity contribution in [3.63, 3.8) is 0 Å². The third-order valence-corrected chi connectivity index (χ3v) is 3.28. The Kier molecular flexibility index (Phi) is 4.11. The highest BCUT2D eigenvalue weighted by molar-refractivity contribution is 5.80. The highest BCUT2D eigenvalue weighted by Gasteiger charge is 2.38. The molecule has 1 unspecified atom stereocenters. The average molecular weight is 269 g/mol. The van der Waals surface area contributed by atoms with Gasteiger partial charge in [-0.2, -0.15) is 8.78 Å². The maximum absolute atomic E-state index is 14.2. The highest BCUT2D eigenvalue weighted by Crippen LogP contribution is 2.29. The van der Waals surface area contributed by atoms with E-state index in [0.29, 0.717) is 19.6 Å². The second-order valence-corrected chi connectivity index (χ2v) is 4.66. The van der Waals surface area contributed by atoms with E-state index in [1.807, 2.05) is 0 Å². The summed E-state index contributed by atoms with van der Waals surface area (Å²) < 4.78 is 28.3. The summed E-state index contributed by atoms with van der Waals surface area (Å²) in [5, 5.41) is 2.98. The van der Waals surface area contributed by atoms with Gasteiger partial charge in [0.1, 0.15) is 6.04 Å². The summed E-state index contributed by atoms with van der Waals surface area (Å²) in [4.78, 5) is 12.7. The number of benzene rings is 1. The monoisotopic (exact) mass is 269 g/mol. The molecule has 1 amide bonds. The van der Waals surface area contributed by atoms with Gasteiger partial charge >= 0.3 is 0 Å². The van der Waals surface area contributed by atoms with E-state index in [9.17, 15) is 13.6 Å². The van der Waals surface area contributed by atoms with Crippen molar-refractivity contribution >= 4 is 5.91 Å².